The summed E-state index contributed by atoms with van der Waals surface area (Å²) < 4.78 is 0. The fourth-order valence-corrected chi connectivity index (χ4v) is 1.45. The van der Waals surface area contributed by atoms with Gasteiger partial charge in [0.2, 0.25) is 0 Å². The van der Waals surface area contributed by atoms with Crippen molar-refractivity contribution in [3.8, 4) is 0 Å². The van der Waals surface area contributed by atoms with Gasteiger partial charge in [0.1, 0.15) is 5.69 Å². The monoisotopic (exact) mass is 196 g/mol. The molecule has 3 N–H and O–H groups in total. The van der Waals surface area contributed by atoms with E-state index in [9.17, 15) is 0 Å². The van der Waals surface area contributed by atoms with Gasteiger partial charge in [0.25, 0.3) is 0 Å². The van der Waals surface area contributed by atoms with Gasteiger partial charge >= 0.3 is 0 Å². The van der Waals surface area contributed by atoms with Crippen LogP contribution in [0.25, 0.3) is 12.2 Å². The molecule has 2 aromatic rings. The van der Waals surface area contributed by atoms with E-state index in [-0.39, 0.29) is 0 Å². The molecular formula is C14H14N+. The van der Waals surface area contributed by atoms with Gasteiger partial charge in [-0.25, -0.2) is 0 Å². The summed E-state index contributed by atoms with van der Waals surface area (Å²) in [4.78, 5) is 0. The average molecular weight is 196 g/mol. The van der Waals surface area contributed by atoms with E-state index in [1.54, 1.807) is 0 Å². The molecule has 0 aliphatic rings. The van der Waals surface area contributed by atoms with Gasteiger partial charge in [0.15, 0.2) is 0 Å². The van der Waals surface area contributed by atoms with Crippen LogP contribution in [0.3, 0.4) is 0 Å². The van der Waals surface area contributed by atoms with Crippen molar-refractivity contribution in [2.24, 2.45) is 0 Å². The Hall–Kier alpha value is -1.86. The maximum atomic E-state index is 3.98. The molecule has 0 amide bonds. The van der Waals surface area contributed by atoms with Gasteiger partial charge in [0.05, 0.1) is 0 Å². The third-order valence-electron chi connectivity index (χ3n) is 2.31. The second-order valence-electron chi connectivity index (χ2n) is 3.44. The molecule has 2 aromatic carbocycles. The molecule has 0 fully saturated rings. The van der Waals surface area contributed by atoms with Crippen LogP contribution in [-0.2, 0) is 0 Å². The Morgan fingerprint density at radius 1 is 0.733 bits per heavy atom. The summed E-state index contributed by atoms with van der Waals surface area (Å²) in [6.07, 6.45) is 4.20. The van der Waals surface area contributed by atoms with Crippen LogP contribution in [0.15, 0.2) is 54.6 Å². The van der Waals surface area contributed by atoms with Gasteiger partial charge in [-0.1, -0.05) is 48.5 Å². The van der Waals surface area contributed by atoms with Crippen LogP contribution in [-0.4, -0.2) is 0 Å². The second-order valence-corrected chi connectivity index (χ2v) is 3.44. The van der Waals surface area contributed by atoms with Crippen LogP contribution in [0, 0.1) is 0 Å². The molecule has 0 saturated carbocycles. The highest BCUT2D eigenvalue weighted by atomic mass is 14.5. The zero-order valence-corrected chi connectivity index (χ0v) is 8.56. The first-order valence-corrected chi connectivity index (χ1v) is 5.00. The molecule has 0 aromatic heterocycles. The first-order valence-electron chi connectivity index (χ1n) is 5.00. The fourth-order valence-electron chi connectivity index (χ4n) is 1.45. The number of hydrogen-bond donors (Lipinski definition) is 1. The van der Waals surface area contributed by atoms with Gasteiger partial charge in [-0.15, -0.1) is 0 Å². The summed E-state index contributed by atoms with van der Waals surface area (Å²) >= 11 is 0. The van der Waals surface area contributed by atoms with Gasteiger partial charge in [-0.3, -0.25) is 0 Å². The normalized spacial score (nSPS) is 10.7. The molecule has 0 heterocycles. The van der Waals surface area contributed by atoms with Gasteiger partial charge < -0.3 is 5.73 Å². The van der Waals surface area contributed by atoms with Crippen LogP contribution in [0.2, 0.25) is 0 Å². The van der Waals surface area contributed by atoms with Gasteiger partial charge in [-0.05, 0) is 23.8 Å². The van der Waals surface area contributed by atoms with Crippen molar-refractivity contribution in [3.63, 3.8) is 0 Å². The maximum absolute atomic E-state index is 3.98. The molecule has 0 unspecified atom stereocenters. The molecule has 0 radical (unpaired) electrons. The van der Waals surface area contributed by atoms with E-state index in [4.69, 9.17) is 0 Å². The molecule has 0 atom stereocenters. The molecule has 0 bridgehead atoms. The number of hydrogen-bond acceptors (Lipinski definition) is 0. The minimum Gasteiger partial charge on any atom is -0.325 e. The summed E-state index contributed by atoms with van der Waals surface area (Å²) in [6.45, 7) is 0. The Balaban J connectivity index is 2.23. The zero-order chi connectivity index (χ0) is 10.5. The summed E-state index contributed by atoms with van der Waals surface area (Å²) in [5, 5.41) is 0. The lowest BCUT2D eigenvalue weighted by Gasteiger charge is -1.95. The summed E-state index contributed by atoms with van der Waals surface area (Å²) in [5.74, 6) is 0. The molecular weight excluding hydrogens is 182 g/mol. The van der Waals surface area contributed by atoms with Gasteiger partial charge in [-0.2, -0.15) is 0 Å². The molecule has 0 spiro atoms. The third-order valence-corrected chi connectivity index (χ3v) is 2.31. The summed E-state index contributed by atoms with van der Waals surface area (Å²) in [7, 11) is 0. The second kappa shape index (κ2) is 4.58. The lowest BCUT2D eigenvalue weighted by Crippen LogP contribution is -2.40. The first-order chi connectivity index (χ1) is 7.36. The van der Waals surface area contributed by atoms with Gasteiger partial charge in [0, 0.05) is 5.56 Å². The predicted molar refractivity (Wildman–Crippen MR) is 64.4 cm³/mol. The average Bonchev–Trinajstić information content (AvgIpc) is 2.29. The fraction of sp³-hybridized carbons (Fsp3) is 0. The minimum atomic E-state index is 1.06. The zero-order valence-electron chi connectivity index (χ0n) is 8.56. The highest BCUT2D eigenvalue weighted by Gasteiger charge is 1.94. The molecule has 15 heavy (non-hydrogen) atoms. The maximum Gasteiger partial charge on any atom is 0.135 e. The van der Waals surface area contributed by atoms with E-state index in [1.165, 1.54) is 11.1 Å². The highest BCUT2D eigenvalue weighted by molar-refractivity contribution is 5.73. The Morgan fingerprint density at radius 3 is 2.13 bits per heavy atom. The number of rotatable bonds is 2. The predicted octanol–water partition coefficient (Wildman–Crippen LogP) is 2.73. The quantitative estimate of drug-likeness (QED) is 0.715. The van der Waals surface area contributed by atoms with Crippen molar-refractivity contribution >= 4 is 17.8 Å². The topological polar surface area (TPSA) is 27.6 Å². The Bertz CT molecular complexity index is 458. The Kier molecular flexibility index (Phi) is 2.96. The van der Waals surface area contributed by atoms with Crippen molar-refractivity contribution < 1.29 is 5.73 Å². The van der Waals surface area contributed by atoms with E-state index in [2.05, 4.69) is 36.1 Å². The largest absolute Gasteiger partial charge is 0.325 e. The third kappa shape index (κ3) is 2.55. The summed E-state index contributed by atoms with van der Waals surface area (Å²) in [6, 6.07) is 18.4. The Morgan fingerprint density at radius 2 is 1.40 bits per heavy atom. The van der Waals surface area contributed by atoms with Crippen LogP contribution in [0.4, 0.5) is 5.69 Å². The number of benzene rings is 2. The molecule has 1 heteroatoms. The molecule has 0 aliphatic carbocycles. The van der Waals surface area contributed by atoms with Crippen LogP contribution in [0.5, 0.6) is 0 Å². The van der Waals surface area contributed by atoms with Crippen LogP contribution < -0.4 is 5.73 Å². The van der Waals surface area contributed by atoms with Crippen molar-refractivity contribution in [3.05, 3.63) is 65.7 Å². The first kappa shape index (κ1) is 9.69. The SMILES string of the molecule is [NH3+]c1ccccc1/C=C\c1ccccc1. The van der Waals surface area contributed by atoms with E-state index in [0.717, 1.165) is 5.69 Å². The van der Waals surface area contributed by atoms with E-state index < -0.39 is 0 Å². The molecule has 1 nitrogen and oxygen atoms in total. The molecule has 2 rings (SSSR count). The van der Waals surface area contributed by atoms with E-state index >= 15 is 0 Å². The minimum absolute atomic E-state index is 1.06. The smallest absolute Gasteiger partial charge is 0.135 e. The van der Waals surface area contributed by atoms with E-state index in [0.29, 0.717) is 0 Å². The lowest BCUT2D eigenvalue weighted by molar-refractivity contribution is -0.255. The van der Waals surface area contributed by atoms with E-state index in [1.807, 2.05) is 36.4 Å². The van der Waals surface area contributed by atoms with Crippen molar-refractivity contribution in [1.29, 1.82) is 0 Å². The number of quaternary nitrogens is 1. The van der Waals surface area contributed by atoms with Crippen molar-refractivity contribution in [2.75, 3.05) is 0 Å². The van der Waals surface area contributed by atoms with Crippen LogP contribution in [0.1, 0.15) is 11.1 Å². The standard InChI is InChI=1S/C14H13N/c15-14-9-5-4-8-13(14)11-10-12-6-2-1-3-7-12/h1-11H,15H2/p+1/b11-10-. The molecule has 0 aliphatic heterocycles. The Labute approximate surface area is 89.9 Å². The summed E-state index contributed by atoms with van der Waals surface area (Å²) in [5.41, 5.74) is 7.42. The lowest BCUT2D eigenvalue weighted by atomic mass is 10.1. The van der Waals surface area contributed by atoms with Crippen LogP contribution >= 0.6 is 0 Å². The van der Waals surface area contributed by atoms with Crippen molar-refractivity contribution in [2.45, 2.75) is 0 Å². The highest BCUT2D eigenvalue weighted by Crippen LogP contribution is 2.12. The molecule has 0 saturated heterocycles. The molecule has 74 valence electrons. The van der Waals surface area contributed by atoms with Crippen molar-refractivity contribution in [1.82, 2.24) is 0 Å².